The van der Waals surface area contributed by atoms with E-state index in [9.17, 15) is 18.0 Å². The van der Waals surface area contributed by atoms with Gasteiger partial charge in [-0.1, -0.05) is 30.5 Å². The maximum atomic E-state index is 13.6. The molecule has 0 atom stereocenters. The van der Waals surface area contributed by atoms with Crippen molar-refractivity contribution in [3.05, 3.63) is 59.4 Å². The Morgan fingerprint density at radius 2 is 1.76 bits per heavy atom. The Kier molecular flexibility index (Phi) is 7.05. The number of sulfone groups is 1. The van der Waals surface area contributed by atoms with E-state index in [0.29, 0.717) is 63.2 Å². The van der Waals surface area contributed by atoms with Crippen molar-refractivity contribution in [1.82, 2.24) is 15.2 Å². The number of amides is 2. The predicted octanol–water partition coefficient (Wildman–Crippen LogP) is 3.38. The smallest absolute Gasteiger partial charge is 0.244 e. The molecule has 1 aliphatic heterocycles. The standard InChI is InChI=1S/C24H28ClN3O4S/c25-20-5-7-21(8-6-20)33(31,32)24(11-1-2-12-24)23(30)28-14-9-19(10-15-28)22(29)27-17-18-4-3-13-26-16-18/h3-8,13,16,19H,1-2,9-12,14-15,17H2,(H,27,29). The third kappa shape index (κ3) is 4.77. The summed E-state index contributed by atoms with van der Waals surface area (Å²) in [5.74, 6) is -0.572. The first-order valence-electron chi connectivity index (χ1n) is 11.3. The maximum Gasteiger partial charge on any atom is 0.244 e. The minimum absolute atomic E-state index is 0.0460. The van der Waals surface area contributed by atoms with Gasteiger partial charge in [-0.3, -0.25) is 14.6 Å². The van der Waals surface area contributed by atoms with Crippen molar-refractivity contribution in [3.63, 3.8) is 0 Å². The molecule has 1 saturated heterocycles. The third-order valence-electron chi connectivity index (χ3n) is 6.78. The van der Waals surface area contributed by atoms with Gasteiger partial charge in [0.25, 0.3) is 0 Å². The maximum absolute atomic E-state index is 13.6. The number of aromatic nitrogens is 1. The SMILES string of the molecule is O=C(NCc1cccnc1)C1CCN(C(=O)C2(S(=O)(=O)c3ccc(Cl)cc3)CCCC2)CC1. The highest BCUT2D eigenvalue weighted by Gasteiger charge is 2.54. The van der Waals surface area contributed by atoms with Crippen LogP contribution in [0.2, 0.25) is 5.02 Å². The van der Waals surface area contributed by atoms with E-state index in [0.717, 1.165) is 5.56 Å². The molecule has 0 unspecified atom stereocenters. The third-order valence-corrected chi connectivity index (χ3v) is 9.54. The van der Waals surface area contributed by atoms with E-state index in [1.54, 1.807) is 17.3 Å². The zero-order valence-electron chi connectivity index (χ0n) is 18.4. The fourth-order valence-electron chi connectivity index (χ4n) is 4.85. The molecule has 1 N–H and O–H groups in total. The Labute approximate surface area is 199 Å². The van der Waals surface area contributed by atoms with Crippen LogP contribution in [0.25, 0.3) is 0 Å². The molecule has 7 nitrogen and oxygen atoms in total. The van der Waals surface area contributed by atoms with E-state index in [4.69, 9.17) is 11.6 Å². The molecule has 9 heteroatoms. The van der Waals surface area contributed by atoms with Gasteiger partial charge < -0.3 is 10.2 Å². The van der Waals surface area contributed by atoms with Crippen molar-refractivity contribution in [2.24, 2.45) is 5.92 Å². The Balaban J connectivity index is 1.42. The lowest BCUT2D eigenvalue weighted by molar-refractivity contribution is -0.137. The average Bonchev–Trinajstić information content (AvgIpc) is 3.35. The molecule has 1 aromatic heterocycles. The van der Waals surface area contributed by atoms with Crippen LogP contribution in [0.15, 0.2) is 53.7 Å². The van der Waals surface area contributed by atoms with E-state index in [-0.39, 0.29) is 22.6 Å². The number of likely N-dealkylation sites (tertiary alicyclic amines) is 1. The van der Waals surface area contributed by atoms with Crippen molar-refractivity contribution in [2.45, 2.75) is 54.7 Å². The van der Waals surface area contributed by atoms with Gasteiger partial charge in [0, 0.05) is 43.0 Å². The van der Waals surface area contributed by atoms with Gasteiger partial charge in [-0.15, -0.1) is 0 Å². The van der Waals surface area contributed by atoms with E-state index in [2.05, 4.69) is 10.3 Å². The highest BCUT2D eigenvalue weighted by Crippen LogP contribution is 2.42. The summed E-state index contributed by atoms with van der Waals surface area (Å²) < 4.78 is 25.7. The van der Waals surface area contributed by atoms with Crippen molar-refractivity contribution in [1.29, 1.82) is 0 Å². The Bertz CT molecular complexity index is 1090. The zero-order chi connectivity index (χ0) is 23.5. The van der Waals surface area contributed by atoms with E-state index in [1.165, 1.54) is 24.3 Å². The second-order valence-electron chi connectivity index (χ2n) is 8.80. The molecule has 1 aliphatic carbocycles. The lowest BCUT2D eigenvalue weighted by atomic mass is 9.94. The van der Waals surface area contributed by atoms with Gasteiger partial charge in [0.2, 0.25) is 11.8 Å². The molecule has 0 radical (unpaired) electrons. The summed E-state index contributed by atoms with van der Waals surface area (Å²) in [6.07, 6.45) is 6.47. The monoisotopic (exact) mass is 489 g/mol. The number of hydrogen-bond donors (Lipinski definition) is 1. The summed E-state index contributed by atoms with van der Waals surface area (Å²) in [5.41, 5.74) is 0.925. The number of pyridine rings is 1. The van der Waals surface area contributed by atoms with Crippen LogP contribution in [0.5, 0.6) is 0 Å². The lowest BCUT2D eigenvalue weighted by Gasteiger charge is -2.37. The normalized spacial score (nSPS) is 18.8. The number of nitrogens with one attached hydrogen (secondary N) is 1. The second kappa shape index (κ2) is 9.81. The molecular weight excluding hydrogens is 462 g/mol. The molecule has 33 heavy (non-hydrogen) atoms. The Morgan fingerprint density at radius 3 is 2.36 bits per heavy atom. The molecule has 2 aromatic rings. The van der Waals surface area contributed by atoms with Crippen LogP contribution >= 0.6 is 11.6 Å². The first-order chi connectivity index (χ1) is 15.8. The summed E-state index contributed by atoms with van der Waals surface area (Å²) in [4.78, 5) is 32.0. The number of nitrogens with zero attached hydrogens (tertiary/aromatic N) is 2. The van der Waals surface area contributed by atoms with Gasteiger partial charge in [-0.25, -0.2) is 8.42 Å². The summed E-state index contributed by atoms with van der Waals surface area (Å²) in [6, 6.07) is 9.75. The highest BCUT2D eigenvalue weighted by atomic mass is 35.5. The first kappa shape index (κ1) is 23.7. The molecule has 0 spiro atoms. The molecule has 2 fully saturated rings. The molecule has 4 rings (SSSR count). The Morgan fingerprint density at radius 1 is 1.09 bits per heavy atom. The van der Waals surface area contributed by atoms with Gasteiger partial charge in [-0.05, 0) is 61.6 Å². The quantitative estimate of drug-likeness (QED) is 0.671. The molecule has 2 aliphatic rings. The molecule has 1 saturated carbocycles. The molecule has 2 heterocycles. The molecular formula is C24H28ClN3O4S. The van der Waals surface area contributed by atoms with Crippen molar-refractivity contribution >= 4 is 33.3 Å². The summed E-state index contributed by atoms with van der Waals surface area (Å²) >= 11 is 5.93. The van der Waals surface area contributed by atoms with Crippen LogP contribution in [0, 0.1) is 5.92 Å². The number of halogens is 1. The minimum atomic E-state index is -3.87. The average molecular weight is 490 g/mol. The minimum Gasteiger partial charge on any atom is -0.352 e. The van der Waals surface area contributed by atoms with E-state index in [1.807, 2.05) is 12.1 Å². The number of piperidine rings is 1. The first-order valence-corrected chi connectivity index (χ1v) is 13.2. The number of rotatable bonds is 6. The van der Waals surface area contributed by atoms with Crippen LogP contribution in [-0.4, -0.2) is 48.0 Å². The topological polar surface area (TPSA) is 96.4 Å². The summed E-state index contributed by atoms with van der Waals surface area (Å²) in [5, 5.41) is 3.39. The van der Waals surface area contributed by atoms with Crippen LogP contribution < -0.4 is 5.32 Å². The molecule has 0 bridgehead atoms. The van der Waals surface area contributed by atoms with Crippen LogP contribution in [0.3, 0.4) is 0 Å². The van der Waals surface area contributed by atoms with Crippen molar-refractivity contribution in [3.8, 4) is 0 Å². The van der Waals surface area contributed by atoms with Crippen molar-refractivity contribution in [2.75, 3.05) is 13.1 Å². The molecule has 2 amide bonds. The van der Waals surface area contributed by atoms with E-state index >= 15 is 0 Å². The van der Waals surface area contributed by atoms with Gasteiger partial charge in [-0.2, -0.15) is 0 Å². The van der Waals surface area contributed by atoms with Gasteiger partial charge >= 0.3 is 0 Å². The zero-order valence-corrected chi connectivity index (χ0v) is 19.9. The fourth-order valence-corrected chi connectivity index (χ4v) is 7.11. The highest BCUT2D eigenvalue weighted by molar-refractivity contribution is 7.93. The Hall–Kier alpha value is -2.45. The van der Waals surface area contributed by atoms with E-state index < -0.39 is 14.6 Å². The summed E-state index contributed by atoms with van der Waals surface area (Å²) in [7, 11) is -3.87. The predicted molar refractivity (Wildman–Crippen MR) is 125 cm³/mol. The van der Waals surface area contributed by atoms with Crippen LogP contribution in [0.4, 0.5) is 0 Å². The largest absolute Gasteiger partial charge is 0.352 e. The number of benzene rings is 1. The molecule has 176 valence electrons. The van der Waals surface area contributed by atoms with Crippen molar-refractivity contribution < 1.29 is 18.0 Å². The fraction of sp³-hybridized carbons (Fsp3) is 0.458. The van der Waals surface area contributed by atoms with Gasteiger partial charge in [0.15, 0.2) is 14.6 Å². The number of carbonyl (C=O) groups excluding carboxylic acids is 2. The van der Waals surface area contributed by atoms with Gasteiger partial charge in [0.1, 0.15) is 0 Å². The number of hydrogen-bond acceptors (Lipinski definition) is 5. The summed E-state index contributed by atoms with van der Waals surface area (Å²) in [6.45, 7) is 1.16. The molecule has 1 aromatic carbocycles. The number of carbonyl (C=O) groups is 2. The van der Waals surface area contributed by atoms with Crippen LogP contribution in [0.1, 0.15) is 44.1 Å². The van der Waals surface area contributed by atoms with Crippen LogP contribution in [-0.2, 0) is 26.0 Å². The lowest BCUT2D eigenvalue weighted by Crippen LogP contribution is -2.54. The second-order valence-corrected chi connectivity index (χ2v) is 11.5. The van der Waals surface area contributed by atoms with Gasteiger partial charge in [0.05, 0.1) is 4.90 Å².